The number of halogens is 1. The molecule has 0 aliphatic carbocycles. The van der Waals surface area contributed by atoms with Crippen LogP contribution in [-0.2, 0) is 0 Å². The lowest BCUT2D eigenvalue weighted by atomic mass is 10.1. The number of rotatable bonds is 5. The van der Waals surface area contributed by atoms with Crippen molar-refractivity contribution in [3.8, 4) is 5.75 Å². The standard InChI is InChI=1S/C13H18FNO/c1-4-5-9(2)15-10(3)12-7-6-11(14)8-13(12)16/h4,6-10,15-16H,1,5H2,2-3H3. The van der Waals surface area contributed by atoms with Crippen LogP contribution in [0.5, 0.6) is 5.75 Å². The van der Waals surface area contributed by atoms with E-state index in [1.807, 2.05) is 19.9 Å². The monoisotopic (exact) mass is 223 g/mol. The van der Waals surface area contributed by atoms with E-state index in [0.717, 1.165) is 12.5 Å². The van der Waals surface area contributed by atoms with E-state index < -0.39 is 5.82 Å². The summed E-state index contributed by atoms with van der Waals surface area (Å²) >= 11 is 0. The van der Waals surface area contributed by atoms with Crippen molar-refractivity contribution in [2.75, 3.05) is 0 Å². The van der Waals surface area contributed by atoms with E-state index in [9.17, 15) is 9.50 Å². The highest BCUT2D eigenvalue weighted by Gasteiger charge is 2.12. The summed E-state index contributed by atoms with van der Waals surface area (Å²) < 4.78 is 12.8. The molecule has 0 spiro atoms. The molecule has 0 radical (unpaired) electrons. The zero-order valence-corrected chi connectivity index (χ0v) is 9.70. The number of phenolic OH excluding ortho intramolecular Hbond substituents is 1. The highest BCUT2D eigenvalue weighted by Crippen LogP contribution is 2.25. The highest BCUT2D eigenvalue weighted by atomic mass is 19.1. The van der Waals surface area contributed by atoms with Crippen LogP contribution in [0.25, 0.3) is 0 Å². The molecule has 3 heteroatoms. The number of aromatic hydroxyl groups is 1. The molecule has 0 aliphatic rings. The van der Waals surface area contributed by atoms with Crippen molar-refractivity contribution in [1.82, 2.24) is 5.32 Å². The van der Waals surface area contributed by atoms with E-state index in [4.69, 9.17) is 0 Å². The van der Waals surface area contributed by atoms with Crippen LogP contribution in [0, 0.1) is 5.82 Å². The second kappa shape index (κ2) is 5.66. The Bertz CT molecular complexity index is 365. The van der Waals surface area contributed by atoms with Crippen molar-refractivity contribution in [3.05, 3.63) is 42.2 Å². The maximum Gasteiger partial charge on any atom is 0.126 e. The molecule has 0 fully saturated rings. The van der Waals surface area contributed by atoms with E-state index in [1.165, 1.54) is 6.07 Å². The van der Waals surface area contributed by atoms with Crippen molar-refractivity contribution in [2.45, 2.75) is 32.4 Å². The van der Waals surface area contributed by atoms with Gasteiger partial charge >= 0.3 is 0 Å². The van der Waals surface area contributed by atoms with Crippen LogP contribution in [-0.4, -0.2) is 11.1 Å². The smallest absolute Gasteiger partial charge is 0.126 e. The average molecular weight is 223 g/mol. The van der Waals surface area contributed by atoms with Gasteiger partial charge in [0.05, 0.1) is 0 Å². The Labute approximate surface area is 95.8 Å². The summed E-state index contributed by atoms with van der Waals surface area (Å²) in [4.78, 5) is 0. The van der Waals surface area contributed by atoms with Crippen molar-refractivity contribution >= 4 is 0 Å². The molecule has 1 rings (SSSR count). The SMILES string of the molecule is C=CCC(C)NC(C)c1ccc(F)cc1O. The second-order valence-electron chi connectivity index (χ2n) is 4.02. The Balaban J connectivity index is 2.72. The van der Waals surface area contributed by atoms with Crippen LogP contribution in [0.4, 0.5) is 4.39 Å². The van der Waals surface area contributed by atoms with Crippen LogP contribution in [0.1, 0.15) is 31.9 Å². The molecule has 0 saturated heterocycles. The lowest BCUT2D eigenvalue weighted by Crippen LogP contribution is -2.28. The predicted octanol–water partition coefficient (Wildman–Crippen LogP) is 3.15. The molecule has 0 amide bonds. The van der Waals surface area contributed by atoms with Gasteiger partial charge in [-0.25, -0.2) is 4.39 Å². The molecule has 0 heterocycles. The molecular weight excluding hydrogens is 205 g/mol. The predicted molar refractivity (Wildman–Crippen MR) is 63.9 cm³/mol. The van der Waals surface area contributed by atoms with E-state index in [0.29, 0.717) is 5.56 Å². The largest absolute Gasteiger partial charge is 0.508 e. The molecule has 2 N–H and O–H groups in total. The van der Waals surface area contributed by atoms with Crippen LogP contribution < -0.4 is 5.32 Å². The van der Waals surface area contributed by atoms with E-state index in [2.05, 4.69) is 11.9 Å². The maximum absolute atomic E-state index is 12.8. The van der Waals surface area contributed by atoms with Gasteiger partial charge in [0.15, 0.2) is 0 Å². The first-order chi connectivity index (χ1) is 7.54. The summed E-state index contributed by atoms with van der Waals surface area (Å²) in [6.07, 6.45) is 2.70. The number of phenols is 1. The molecule has 0 aromatic heterocycles. The van der Waals surface area contributed by atoms with Crippen molar-refractivity contribution in [1.29, 1.82) is 0 Å². The molecule has 2 nitrogen and oxygen atoms in total. The molecule has 0 aliphatic heterocycles. The summed E-state index contributed by atoms with van der Waals surface area (Å²) in [7, 11) is 0. The lowest BCUT2D eigenvalue weighted by Gasteiger charge is -2.20. The minimum absolute atomic E-state index is 0.00852. The summed E-state index contributed by atoms with van der Waals surface area (Å²) in [6, 6.07) is 4.34. The summed E-state index contributed by atoms with van der Waals surface area (Å²) in [5, 5.41) is 12.9. The first-order valence-corrected chi connectivity index (χ1v) is 5.40. The summed E-state index contributed by atoms with van der Waals surface area (Å²) in [5.41, 5.74) is 0.706. The van der Waals surface area contributed by atoms with Gasteiger partial charge in [0.25, 0.3) is 0 Å². The normalized spacial score (nSPS) is 14.4. The molecule has 0 bridgehead atoms. The van der Waals surface area contributed by atoms with Gasteiger partial charge in [-0.1, -0.05) is 12.1 Å². The number of nitrogens with one attached hydrogen (secondary N) is 1. The van der Waals surface area contributed by atoms with Crippen molar-refractivity contribution in [2.24, 2.45) is 0 Å². The number of hydrogen-bond acceptors (Lipinski definition) is 2. The van der Waals surface area contributed by atoms with Gasteiger partial charge in [0.2, 0.25) is 0 Å². The Morgan fingerprint density at radius 3 is 2.75 bits per heavy atom. The minimum atomic E-state index is -0.424. The number of benzene rings is 1. The van der Waals surface area contributed by atoms with E-state index in [1.54, 1.807) is 6.07 Å². The Morgan fingerprint density at radius 2 is 2.19 bits per heavy atom. The molecule has 1 aromatic rings. The average Bonchev–Trinajstić information content (AvgIpc) is 2.17. The minimum Gasteiger partial charge on any atom is -0.508 e. The van der Waals surface area contributed by atoms with E-state index in [-0.39, 0.29) is 17.8 Å². The van der Waals surface area contributed by atoms with Gasteiger partial charge in [-0.05, 0) is 26.3 Å². The Morgan fingerprint density at radius 1 is 1.50 bits per heavy atom. The zero-order valence-electron chi connectivity index (χ0n) is 9.70. The van der Waals surface area contributed by atoms with Crippen molar-refractivity contribution in [3.63, 3.8) is 0 Å². The topological polar surface area (TPSA) is 32.3 Å². The second-order valence-corrected chi connectivity index (χ2v) is 4.02. The van der Waals surface area contributed by atoms with Gasteiger partial charge in [-0.2, -0.15) is 0 Å². The van der Waals surface area contributed by atoms with E-state index >= 15 is 0 Å². The fourth-order valence-corrected chi connectivity index (χ4v) is 1.72. The zero-order chi connectivity index (χ0) is 12.1. The van der Waals surface area contributed by atoms with Crippen molar-refractivity contribution < 1.29 is 9.50 Å². The fourth-order valence-electron chi connectivity index (χ4n) is 1.72. The van der Waals surface area contributed by atoms with Gasteiger partial charge < -0.3 is 10.4 Å². The molecule has 88 valence electrons. The van der Waals surface area contributed by atoms with Crippen LogP contribution in [0.2, 0.25) is 0 Å². The van der Waals surface area contributed by atoms with Crippen LogP contribution in [0.15, 0.2) is 30.9 Å². The molecule has 0 saturated carbocycles. The summed E-state index contributed by atoms with van der Waals surface area (Å²) in [6.45, 7) is 7.65. The lowest BCUT2D eigenvalue weighted by molar-refractivity contribution is 0.431. The quantitative estimate of drug-likeness (QED) is 0.751. The summed E-state index contributed by atoms with van der Waals surface area (Å²) in [5.74, 6) is -0.432. The van der Waals surface area contributed by atoms with Gasteiger partial charge in [0.1, 0.15) is 11.6 Å². The van der Waals surface area contributed by atoms with Gasteiger partial charge in [-0.3, -0.25) is 0 Å². The Kier molecular flexibility index (Phi) is 4.50. The van der Waals surface area contributed by atoms with Gasteiger partial charge in [0, 0.05) is 23.7 Å². The third-order valence-electron chi connectivity index (χ3n) is 2.51. The fraction of sp³-hybridized carbons (Fsp3) is 0.385. The Hall–Kier alpha value is -1.35. The molecule has 2 atom stereocenters. The van der Waals surface area contributed by atoms with Crippen LogP contribution in [0.3, 0.4) is 0 Å². The molecule has 16 heavy (non-hydrogen) atoms. The van der Waals surface area contributed by atoms with Crippen LogP contribution >= 0.6 is 0 Å². The third kappa shape index (κ3) is 3.35. The highest BCUT2D eigenvalue weighted by molar-refractivity contribution is 5.34. The first-order valence-electron chi connectivity index (χ1n) is 5.40. The molecular formula is C13H18FNO. The third-order valence-corrected chi connectivity index (χ3v) is 2.51. The maximum atomic E-state index is 12.8. The molecule has 2 unspecified atom stereocenters. The van der Waals surface area contributed by atoms with Gasteiger partial charge in [-0.15, -0.1) is 6.58 Å². The molecule has 1 aromatic carbocycles. The number of hydrogen-bond donors (Lipinski definition) is 2. The first kappa shape index (κ1) is 12.7.